The Labute approximate surface area is 145 Å². The summed E-state index contributed by atoms with van der Waals surface area (Å²) >= 11 is 2.06. The van der Waals surface area contributed by atoms with Gasteiger partial charge in [-0.3, -0.25) is 4.90 Å². The molecule has 126 valence electrons. The molecular formula is C18H28BNO2S. The number of aryl methyl sites for hydroxylation is 1. The van der Waals surface area contributed by atoms with E-state index in [0.29, 0.717) is 0 Å². The minimum Gasteiger partial charge on any atom is -0.399 e. The quantitative estimate of drug-likeness (QED) is 0.793. The molecule has 0 saturated carbocycles. The minimum atomic E-state index is -0.282. The van der Waals surface area contributed by atoms with Gasteiger partial charge in [-0.1, -0.05) is 18.2 Å². The third-order valence-corrected chi connectivity index (χ3v) is 6.33. The van der Waals surface area contributed by atoms with Gasteiger partial charge in [0.05, 0.1) is 11.2 Å². The molecule has 0 atom stereocenters. The molecule has 2 heterocycles. The number of hydrogen-bond acceptors (Lipinski definition) is 4. The van der Waals surface area contributed by atoms with E-state index in [4.69, 9.17) is 9.31 Å². The number of rotatable bonds is 3. The smallest absolute Gasteiger partial charge is 0.399 e. The molecule has 2 aliphatic rings. The maximum atomic E-state index is 6.16. The Morgan fingerprint density at radius 1 is 1.09 bits per heavy atom. The standard InChI is InChI=1S/C18H28BNO2S/c1-14-12-16(19-21-17(2,3)18(4,5)22-19)7-6-15(14)13-20-8-10-23-11-9-20/h6-7,12H,8-11,13H2,1-5H3. The van der Waals surface area contributed by atoms with E-state index in [1.54, 1.807) is 0 Å². The van der Waals surface area contributed by atoms with Crippen LogP contribution in [0.3, 0.4) is 0 Å². The largest absolute Gasteiger partial charge is 0.494 e. The molecule has 0 unspecified atom stereocenters. The van der Waals surface area contributed by atoms with Crippen LogP contribution in [-0.4, -0.2) is 47.8 Å². The summed E-state index contributed by atoms with van der Waals surface area (Å²) in [6.07, 6.45) is 0. The summed E-state index contributed by atoms with van der Waals surface area (Å²) in [5, 5.41) is 0. The highest BCUT2D eigenvalue weighted by Gasteiger charge is 2.51. The summed E-state index contributed by atoms with van der Waals surface area (Å²) < 4.78 is 12.3. The van der Waals surface area contributed by atoms with Gasteiger partial charge in [-0.25, -0.2) is 0 Å². The van der Waals surface area contributed by atoms with E-state index in [9.17, 15) is 0 Å². The molecule has 1 aromatic carbocycles. The zero-order valence-electron chi connectivity index (χ0n) is 15.0. The Morgan fingerprint density at radius 3 is 2.26 bits per heavy atom. The molecule has 5 heteroatoms. The molecular weight excluding hydrogens is 305 g/mol. The molecule has 1 aromatic rings. The van der Waals surface area contributed by atoms with Crippen molar-refractivity contribution in [2.75, 3.05) is 24.6 Å². The lowest BCUT2D eigenvalue weighted by Crippen LogP contribution is -2.41. The average Bonchev–Trinajstić information content (AvgIpc) is 2.71. The van der Waals surface area contributed by atoms with E-state index in [0.717, 1.165) is 12.0 Å². The fourth-order valence-corrected chi connectivity index (χ4v) is 4.00. The zero-order valence-corrected chi connectivity index (χ0v) is 15.8. The minimum absolute atomic E-state index is 0.265. The molecule has 3 rings (SSSR count). The molecule has 0 aliphatic carbocycles. The van der Waals surface area contributed by atoms with Gasteiger partial charge < -0.3 is 9.31 Å². The lowest BCUT2D eigenvalue weighted by atomic mass is 9.78. The highest BCUT2D eigenvalue weighted by Crippen LogP contribution is 2.36. The third kappa shape index (κ3) is 3.63. The second-order valence-corrected chi connectivity index (χ2v) is 8.89. The molecule has 2 saturated heterocycles. The third-order valence-electron chi connectivity index (χ3n) is 5.39. The molecule has 3 nitrogen and oxygen atoms in total. The van der Waals surface area contributed by atoms with Crippen LogP contribution < -0.4 is 5.46 Å². The van der Waals surface area contributed by atoms with Crippen molar-refractivity contribution in [3.05, 3.63) is 29.3 Å². The number of benzene rings is 1. The van der Waals surface area contributed by atoms with Gasteiger partial charge in [0.25, 0.3) is 0 Å². The van der Waals surface area contributed by atoms with Crippen LogP contribution in [0.25, 0.3) is 0 Å². The molecule has 0 amide bonds. The van der Waals surface area contributed by atoms with Gasteiger partial charge in [0.2, 0.25) is 0 Å². The first-order valence-corrected chi connectivity index (χ1v) is 9.69. The van der Waals surface area contributed by atoms with Crippen molar-refractivity contribution in [2.24, 2.45) is 0 Å². The maximum Gasteiger partial charge on any atom is 0.494 e. The zero-order chi connectivity index (χ0) is 16.7. The van der Waals surface area contributed by atoms with Crippen LogP contribution >= 0.6 is 11.8 Å². The van der Waals surface area contributed by atoms with Crippen molar-refractivity contribution in [3.8, 4) is 0 Å². The SMILES string of the molecule is Cc1cc(B2OC(C)(C)C(C)(C)O2)ccc1CN1CCSCC1. The van der Waals surface area contributed by atoms with E-state index in [-0.39, 0.29) is 18.3 Å². The molecule has 23 heavy (non-hydrogen) atoms. The molecule has 0 N–H and O–H groups in total. The summed E-state index contributed by atoms with van der Waals surface area (Å²) in [6, 6.07) is 6.65. The van der Waals surface area contributed by atoms with Crippen molar-refractivity contribution in [1.29, 1.82) is 0 Å². The van der Waals surface area contributed by atoms with Crippen LogP contribution in [-0.2, 0) is 15.9 Å². The van der Waals surface area contributed by atoms with Crippen LogP contribution in [0, 0.1) is 6.92 Å². The molecule has 0 spiro atoms. The topological polar surface area (TPSA) is 21.7 Å². The van der Waals surface area contributed by atoms with E-state index in [2.05, 4.69) is 69.5 Å². The fourth-order valence-electron chi connectivity index (χ4n) is 3.02. The van der Waals surface area contributed by atoms with Gasteiger partial charge in [-0.05, 0) is 51.2 Å². The number of thioether (sulfide) groups is 1. The first-order chi connectivity index (χ1) is 10.8. The van der Waals surface area contributed by atoms with Crippen LogP contribution in [0.5, 0.6) is 0 Å². The summed E-state index contributed by atoms with van der Waals surface area (Å²) in [5.74, 6) is 2.51. The molecule has 0 radical (unpaired) electrons. The summed E-state index contributed by atoms with van der Waals surface area (Å²) in [7, 11) is -0.265. The number of hydrogen-bond donors (Lipinski definition) is 0. The second-order valence-electron chi connectivity index (χ2n) is 7.66. The van der Waals surface area contributed by atoms with Gasteiger partial charge in [-0.2, -0.15) is 11.8 Å². The Morgan fingerprint density at radius 2 is 1.70 bits per heavy atom. The average molecular weight is 333 g/mol. The van der Waals surface area contributed by atoms with Crippen LogP contribution in [0.15, 0.2) is 18.2 Å². The van der Waals surface area contributed by atoms with Crippen LogP contribution in [0.1, 0.15) is 38.8 Å². The van der Waals surface area contributed by atoms with Crippen molar-refractivity contribution < 1.29 is 9.31 Å². The Hall–Kier alpha value is -0.485. The molecule has 2 fully saturated rings. The van der Waals surface area contributed by atoms with Crippen molar-refractivity contribution in [2.45, 2.75) is 52.4 Å². The Bertz CT molecular complexity index is 554. The monoisotopic (exact) mass is 333 g/mol. The Kier molecular flexibility index (Phi) is 4.85. The van der Waals surface area contributed by atoms with E-state index in [1.165, 1.54) is 35.7 Å². The molecule has 0 bridgehead atoms. The second kappa shape index (κ2) is 6.43. The molecule has 0 aromatic heterocycles. The van der Waals surface area contributed by atoms with Gasteiger partial charge in [-0.15, -0.1) is 0 Å². The van der Waals surface area contributed by atoms with E-state index >= 15 is 0 Å². The van der Waals surface area contributed by atoms with Crippen molar-refractivity contribution in [1.82, 2.24) is 4.90 Å². The summed E-state index contributed by atoms with van der Waals surface area (Å²) in [5.41, 5.74) is 3.30. The lowest BCUT2D eigenvalue weighted by molar-refractivity contribution is 0.00578. The highest BCUT2D eigenvalue weighted by molar-refractivity contribution is 7.99. The fraction of sp³-hybridized carbons (Fsp3) is 0.667. The normalized spacial score (nSPS) is 24.1. The van der Waals surface area contributed by atoms with Crippen LogP contribution in [0.4, 0.5) is 0 Å². The maximum absolute atomic E-state index is 6.16. The predicted molar refractivity (Wildman–Crippen MR) is 99.5 cm³/mol. The summed E-state index contributed by atoms with van der Waals surface area (Å²) in [4.78, 5) is 2.55. The summed E-state index contributed by atoms with van der Waals surface area (Å²) in [6.45, 7) is 14.0. The van der Waals surface area contributed by atoms with Gasteiger partial charge >= 0.3 is 7.12 Å². The van der Waals surface area contributed by atoms with E-state index < -0.39 is 0 Å². The van der Waals surface area contributed by atoms with E-state index in [1.807, 2.05) is 0 Å². The van der Waals surface area contributed by atoms with Gasteiger partial charge in [0.15, 0.2) is 0 Å². The van der Waals surface area contributed by atoms with Gasteiger partial charge in [0.1, 0.15) is 0 Å². The van der Waals surface area contributed by atoms with Crippen molar-refractivity contribution >= 4 is 24.3 Å². The van der Waals surface area contributed by atoms with Gasteiger partial charge in [0, 0.05) is 31.1 Å². The number of nitrogens with zero attached hydrogens (tertiary/aromatic N) is 1. The lowest BCUT2D eigenvalue weighted by Gasteiger charge is -2.32. The first kappa shape index (κ1) is 17.3. The van der Waals surface area contributed by atoms with Crippen molar-refractivity contribution in [3.63, 3.8) is 0 Å². The Balaban J connectivity index is 1.72. The predicted octanol–water partition coefficient (Wildman–Crippen LogP) is 2.84. The van der Waals surface area contributed by atoms with Crippen LogP contribution in [0.2, 0.25) is 0 Å². The first-order valence-electron chi connectivity index (χ1n) is 8.54. The highest BCUT2D eigenvalue weighted by atomic mass is 32.2. The molecule has 2 aliphatic heterocycles.